The van der Waals surface area contributed by atoms with Crippen LogP contribution in [0.3, 0.4) is 0 Å². The third-order valence-corrected chi connectivity index (χ3v) is 5.51. The molecule has 126 valence electrons. The number of hydrogen-bond donors (Lipinski definition) is 1. The topological polar surface area (TPSA) is 45.2 Å². The molecular weight excluding hydrogens is 338 g/mol. The smallest absolute Gasteiger partial charge is 0.227 e. The molecule has 0 saturated carbocycles. The first kappa shape index (κ1) is 17.0. The minimum Gasteiger partial charge on any atom is -0.357 e. The van der Waals surface area contributed by atoms with Crippen molar-refractivity contribution in [2.45, 2.75) is 26.3 Å². The van der Waals surface area contributed by atoms with E-state index in [1.54, 1.807) is 23.1 Å². The van der Waals surface area contributed by atoms with E-state index in [0.717, 1.165) is 41.1 Å². The molecule has 1 aliphatic rings. The second kappa shape index (κ2) is 8.35. The first-order chi connectivity index (χ1) is 11.8. The second-order valence-corrected chi connectivity index (χ2v) is 7.52. The van der Waals surface area contributed by atoms with Crippen molar-refractivity contribution < 1.29 is 4.79 Å². The summed E-state index contributed by atoms with van der Waals surface area (Å²) in [5.41, 5.74) is 2.14. The Morgan fingerprint density at radius 1 is 1.38 bits per heavy atom. The summed E-state index contributed by atoms with van der Waals surface area (Å²) in [5, 5.41) is 7.31. The molecule has 1 saturated heterocycles. The fourth-order valence-corrected chi connectivity index (χ4v) is 4.18. The van der Waals surface area contributed by atoms with Crippen molar-refractivity contribution in [1.29, 1.82) is 0 Å². The lowest BCUT2D eigenvalue weighted by atomic mass is 10.2. The van der Waals surface area contributed by atoms with Gasteiger partial charge in [-0.1, -0.05) is 37.3 Å². The maximum Gasteiger partial charge on any atom is 0.227 e. The van der Waals surface area contributed by atoms with E-state index < -0.39 is 0 Å². The lowest BCUT2D eigenvalue weighted by Crippen LogP contribution is -2.26. The van der Waals surface area contributed by atoms with Gasteiger partial charge in [-0.05, 0) is 18.1 Å². The minimum absolute atomic E-state index is 0.214. The number of aromatic nitrogens is 1. The first-order valence-electron chi connectivity index (χ1n) is 8.14. The molecule has 3 rings (SSSR count). The molecule has 1 aliphatic heterocycles. The zero-order valence-electron chi connectivity index (χ0n) is 13.7. The number of carbonyl (C=O) groups excluding carboxylic acids is 1. The van der Waals surface area contributed by atoms with E-state index in [1.807, 2.05) is 41.5 Å². The lowest BCUT2D eigenvalue weighted by molar-refractivity contribution is -0.128. The van der Waals surface area contributed by atoms with Gasteiger partial charge in [-0.25, -0.2) is 4.98 Å². The number of thiazole rings is 1. The number of thioether (sulfide) groups is 1. The second-order valence-electron chi connectivity index (χ2n) is 5.54. The number of carbonyl (C=O) groups is 1. The van der Waals surface area contributed by atoms with Crippen molar-refractivity contribution in [2.24, 2.45) is 0 Å². The zero-order chi connectivity index (χ0) is 16.8. The van der Waals surface area contributed by atoms with Crippen molar-refractivity contribution in [1.82, 2.24) is 9.88 Å². The van der Waals surface area contributed by atoms with Gasteiger partial charge in [0.25, 0.3) is 0 Å². The molecule has 0 aliphatic carbocycles. The average Bonchev–Trinajstić information content (AvgIpc) is 3.24. The molecule has 2 aromatic rings. The Hall–Kier alpha value is -1.79. The Morgan fingerprint density at radius 2 is 2.21 bits per heavy atom. The van der Waals surface area contributed by atoms with E-state index in [1.165, 1.54) is 5.56 Å². The Balaban J connectivity index is 1.63. The van der Waals surface area contributed by atoms with Gasteiger partial charge in [-0.3, -0.25) is 4.79 Å². The van der Waals surface area contributed by atoms with Gasteiger partial charge in [-0.2, -0.15) is 0 Å². The summed E-state index contributed by atoms with van der Waals surface area (Å²) in [4.78, 5) is 18.7. The van der Waals surface area contributed by atoms with E-state index >= 15 is 0 Å². The predicted octanol–water partition coefficient (Wildman–Crippen LogP) is 4.43. The third-order valence-electron chi connectivity index (χ3n) is 3.68. The number of rotatable bonds is 6. The predicted molar refractivity (Wildman–Crippen MR) is 103 cm³/mol. The molecule has 1 aromatic carbocycles. The molecule has 1 aromatic heterocycles. The van der Waals surface area contributed by atoms with E-state index in [4.69, 9.17) is 0 Å². The molecular formula is C18H21N3OS2. The van der Waals surface area contributed by atoms with Gasteiger partial charge in [0.1, 0.15) is 0 Å². The molecule has 1 N–H and O–H groups in total. The highest BCUT2D eigenvalue weighted by Gasteiger charge is 2.23. The van der Waals surface area contributed by atoms with Gasteiger partial charge < -0.3 is 10.2 Å². The molecule has 1 amide bonds. The number of nitrogens with zero attached hydrogens (tertiary/aromatic N) is 2. The number of nitrogens with one attached hydrogen (secondary N) is 1. The summed E-state index contributed by atoms with van der Waals surface area (Å²) in [5.74, 6) is 1.18. The maximum atomic E-state index is 12.2. The number of anilines is 1. The molecule has 2 heterocycles. The number of hydrogen-bond acceptors (Lipinski definition) is 5. The molecule has 4 nitrogen and oxygen atoms in total. The highest BCUT2D eigenvalue weighted by Crippen LogP contribution is 2.31. The SMILES string of the molecule is CCCC(=O)N1CCS/C1=C/c1csc(NCc2ccccc2)n1. The largest absolute Gasteiger partial charge is 0.357 e. The molecule has 0 unspecified atom stereocenters. The number of benzene rings is 1. The first-order valence-corrected chi connectivity index (χ1v) is 10.0. The third kappa shape index (κ3) is 4.39. The summed E-state index contributed by atoms with van der Waals surface area (Å²) in [7, 11) is 0. The van der Waals surface area contributed by atoms with Crippen LogP contribution in [-0.2, 0) is 11.3 Å². The standard InChI is InChI=1S/C18H21N3OS2/c1-2-6-16(22)21-9-10-23-17(21)11-15-13-24-18(20-15)19-12-14-7-4-3-5-8-14/h3-5,7-8,11,13H,2,6,9-10,12H2,1H3,(H,19,20)/b17-11+. The van der Waals surface area contributed by atoms with E-state index in [2.05, 4.69) is 22.4 Å². The highest BCUT2D eigenvalue weighted by molar-refractivity contribution is 8.03. The summed E-state index contributed by atoms with van der Waals surface area (Å²) < 4.78 is 0. The van der Waals surface area contributed by atoms with Gasteiger partial charge in [-0.15, -0.1) is 23.1 Å². The van der Waals surface area contributed by atoms with Gasteiger partial charge >= 0.3 is 0 Å². The summed E-state index contributed by atoms with van der Waals surface area (Å²) in [6, 6.07) is 10.3. The van der Waals surface area contributed by atoms with E-state index in [0.29, 0.717) is 6.42 Å². The molecule has 0 spiro atoms. The van der Waals surface area contributed by atoms with Crippen molar-refractivity contribution in [3.05, 3.63) is 52.0 Å². The Kier molecular flexibility index (Phi) is 5.93. The van der Waals surface area contributed by atoms with Crippen LogP contribution < -0.4 is 5.32 Å². The van der Waals surface area contributed by atoms with Crippen molar-refractivity contribution in [3.63, 3.8) is 0 Å². The van der Waals surface area contributed by atoms with Crippen molar-refractivity contribution in [2.75, 3.05) is 17.6 Å². The normalized spacial score (nSPS) is 15.9. The molecule has 0 radical (unpaired) electrons. The van der Waals surface area contributed by atoms with Crippen molar-refractivity contribution in [3.8, 4) is 0 Å². The van der Waals surface area contributed by atoms with Crippen molar-refractivity contribution >= 4 is 40.2 Å². The highest BCUT2D eigenvalue weighted by atomic mass is 32.2. The van der Waals surface area contributed by atoms with Gasteiger partial charge in [0.05, 0.1) is 10.7 Å². The molecule has 24 heavy (non-hydrogen) atoms. The maximum absolute atomic E-state index is 12.2. The van der Waals surface area contributed by atoms with Crippen LogP contribution in [0.4, 0.5) is 5.13 Å². The van der Waals surface area contributed by atoms with E-state index in [-0.39, 0.29) is 5.91 Å². The summed E-state index contributed by atoms with van der Waals surface area (Å²) >= 11 is 3.32. The fraction of sp³-hybridized carbons (Fsp3) is 0.333. The zero-order valence-corrected chi connectivity index (χ0v) is 15.3. The van der Waals surface area contributed by atoms with Gasteiger partial charge in [0.15, 0.2) is 5.13 Å². The minimum atomic E-state index is 0.214. The Labute approximate surface area is 151 Å². The van der Waals surface area contributed by atoms with E-state index in [9.17, 15) is 4.79 Å². The van der Waals surface area contributed by atoms with Crippen LogP contribution in [0.5, 0.6) is 0 Å². The summed E-state index contributed by atoms with van der Waals surface area (Å²) in [6.45, 7) is 3.61. The van der Waals surface area contributed by atoms with Crippen LogP contribution in [0.2, 0.25) is 0 Å². The Morgan fingerprint density at radius 3 is 3.00 bits per heavy atom. The van der Waals surface area contributed by atoms with Crippen LogP contribution >= 0.6 is 23.1 Å². The summed E-state index contributed by atoms with van der Waals surface area (Å²) in [6.07, 6.45) is 3.52. The molecule has 1 fully saturated rings. The van der Waals surface area contributed by atoms with Crippen LogP contribution in [0.15, 0.2) is 40.7 Å². The molecule has 0 bridgehead atoms. The monoisotopic (exact) mass is 359 g/mol. The van der Waals surface area contributed by atoms with Crippen LogP contribution in [0, 0.1) is 0 Å². The van der Waals surface area contributed by atoms with Gasteiger partial charge in [0.2, 0.25) is 5.91 Å². The van der Waals surface area contributed by atoms with Crippen LogP contribution in [-0.4, -0.2) is 28.1 Å². The lowest BCUT2D eigenvalue weighted by Gasteiger charge is -2.16. The van der Waals surface area contributed by atoms with Crippen LogP contribution in [0.1, 0.15) is 31.0 Å². The number of amides is 1. The van der Waals surface area contributed by atoms with Gasteiger partial charge in [0, 0.05) is 30.6 Å². The molecule has 0 atom stereocenters. The quantitative estimate of drug-likeness (QED) is 0.829. The average molecular weight is 360 g/mol. The van der Waals surface area contributed by atoms with Crippen LogP contribution in [0.25, 0.3) is 6.08 Å². The molecule has 6 heteroatoms. The Bertz CT molecular complexity index is 712. The fourth-order valence-electron chi connectivity index (χ4n) is 2.48.